The predicted octanol–water partition coefficient (Wildman–Crippen LogP) is 2.17. The van der Waals surface area contributed by atoms with E-state index in [4.69, 9.17) is 22.1 Å². The number of benzene rings is 2. The molecule has 52 heavy (non-hydrogen) atoms. The van der Waals surface area contributed by atoms with Crippen molar-refractivity contribution in [1.82, 2.24) is 30.7 Å². The van der Waals surface area contributed by atoms with Gasteiger partial charge in [0.15, 0.2) is 6.29 Å². The minimum atomic E-state index is -1.35. The number of para-hydroxylation sites is 1. The van der Waals surface area contributed by atoms with Crippen LogP contribution in [-0.2, 0) is 36.8 Å². The van der Waals surface area contributed by atoms with Crippen molar-refractivity contribution >= 4 is 52.2 Å². The van der Waals surface area contributed by atoms with Crippen LogP contribution in [0.2, 0.25) is 0 Å². The number of aromatic amines is 1. The summed E-state index contributed by atoms with van der Waals surface area (Å²) in [5.74, 6) is -2.17. The Labute approximate surface area is 308 Å². The zero-order chi connectivity index (χ0) is 37.6. The van der Waals surface area contributed by atoms with E-state index < -0.39 is 54.2 Å². The number of rotatable bonds is 18. The molecule has 15 heteroatoms. The van der Waals surface area contributed by atoms with Crippen LogP contribution in [0.5, 0.6) is 0 Å². The average molecular weight is 740 g/mol. The lowest BCUT2D eigenvalue weighted by Gasteiger charge is -2.39. The number of halogens is 1. The molecule has 1 saturated heterocycles. The topological polar surface area (TPSA) is 199 Å². The lowest BCUT2D eigenvalue weighted by Crippen LogP contribution is -2.61. The normalized spacial score (nSPS) is 16.7. The number of hydrogen-bond acceptors (Lipinski definition) is 7. The number of aliphatic hydroxyl groups is 1. The zero-order valence-corrected chi connectivity index (χ0v) is 30.4. The fourth-order valence-electron chi connectivity index (χ4n) is 6.54. The van der Waals surface area contributed by atoms with Gasteiger partial charge in [0.25, 0.3) is 0 Å². The van der Waals surface area contributed by atoms with Crippen molar-refractivity contribution in [2.45, 2.75) is 82.3 Å². The minimum Gasteiger partial charge on any atom is -0.366 e. The molecule has 0 bridgehead atoms. The molecule has 1 aliphatic heterocycles. The number of H-pyrrole nitrogens is 1. The van der Waals surface area contributed by atoms with E-state index in [1.165, 1.54) is 16.8 Å². The number of nitrogens with zero attached hydrogens (tertiary/aromatic N) is 2. The number of likely N-dealkylation sites (tertiary alicyclic amines) is 1. The van der Waals surface area contributed by atoms with Gasteiger partial charge in [-0.15, -0.1) is 11.6 Å². The van der Waals surface area contributed by atoms with Crippen molar-refractivity contribution in [3.05, 3.63) is 71.9 Å². The van der Waals surface area contributed by atoms with Gasteiger partial charge in [-0.3, -0.25) is 19.2 Å². The van der Waals surface area contributed by atoms with Crippen molar-refractivity contribution in [2.75, 3.05) is 32.6 Å². The molecular formula is C37H50ClN7O7. The molecule has 1 aromatic heterocycles. The van der Waals surface area contributed by atoms with E-state index in [2.05, 4.69) is 20.9 Å². The first-order valence-corrected chi connectivity index (χ1v) is 18.2. The first-order valence-electron chi connectivity index (χ1n) is 17.7. The van der Waals surface area contributed by atoms with Crippen molar-refractivity contribution in [1.29, 1.82) is 0 Å². The van der Waals surface area contributed by atoms with Crippen LogP contribution in [0.25, 0.3) is 10.9 Å². The summed E-state index contributed by atoms with van der Waals surface area (Å²) in [5, 5.41) is 19.9. The number of nitrogens with two attached hydrogens (primary N) is 1. The van der Waals surface area contributed by atoms with E-state index in [-0.39, 0.29) is 44.2 Å². The van der Waals surface area contributed by atoms with Crippen molar-refractivity contribution in [3.63, 3.8) is 0 Å². The van der Waals surface area contributed by atoms with Crippen LogP contribution in [0.1, 0.15) is 50.2 Å². The molecule has 3 aromatic rings. The second-order valence-electron chi connectivity index (χ2n) is 12.9. The molecule has 0 aliphatic carbocycles. The van der Waals surface area contributed by atoms with Crippen molar-refractivity contribution < 1.29 is 33.8 Å². The quantitative estimate of drug-likeness (QED) is 0.0653. The molecule has 2 aromatic carbocycles. The summed E-state index contributed by atoms with van der Waals surface area (Å²) in [6.07, 6.45) is 3.10. The van der Waals surface area contributed by atoms with E-state index >= 15 is 0 Å². The highest BCUT2D eigenvalue weighted by atomic mass is 35.5. The lowest BCUT2D eigenvalue weighted by atomic mass is 9.96. The Morgan fingerprint density at radius 1 is 1.06 bits per heavy atom. The summed E-state index contributed by atoms with van der Waals surface area (Å²) in [6.45, 7) is 2.41. The van der Waals surface area contributed by atoms with Crippen LogP contribution in [0, 0.1) is 0 Å². The molecule has 14 nitrogen and oxygen atoms in total. The number of likely N-dealkylation sites (N-methyl/N-ethyl adjacent to an activating group) is 1. The molecule has 4 rings (SSSR count). The fraction of sp³-hybridized carbons (Fsp3) is 0.486. The predicted molar refractivity (Wildman–Crippen MR) is 197 cm³/mol. The Balaban J connectivity index is 1.60. The molecule has 2 heterocycles. The summed E-state index contributed by atoms with van der Waals surface area (Å²) in [5.41, 5.74) is 7.67. The number of primary amides is 1. The molecule has 0 saturated carbocycles. The zero-order valence-electron chi connectivity index (χ0n) is 29.7. The van der Waals surface area contributed by atoms with Crippen LogP contribution in [0.15, 0.2) is 60.8 Å². The number of hydrogen-bond donors (Lipinski definition) is 6. The minimum absolute atomic E-state index is 0.104. The maximum atomic E-state index is 14.3. The number of urea groups is 1. The van der Waals surface area contributed by atoms with Gasteiger partial charge in [0, 0.05) is 56.7 Å². The van der Waals surface area contributed by atoms with E-state index in [1.54, 1.807) is 13.1 Å². The number of aromatic nitrogens is 1. The second kappa shape index (κ2) is 19.8. The van der Waals surface area contributed by atoms with E-state index in [1.807, 2.05) is 54.6 Å². The molecule has 1 fully saturated rings. The molecule has 0 radical (unpaired) electrons. The molecular weight excluding hydrogens is 690 g/mol. The SMILES string of the molecule is CCOC(O)[C@H](CCCNC(N)=O)NC(=O)[C@H](Cc1c[nH]c2ccccc12)NC(=O)[C@@H]1CCCCN1C(=O)[C@@H](Cc1ccccc1)N(C)C(=O)CCl. The summed E-state index contributed by atoms with van der Waals surface area (Å²) in [6, 6.07) is 12.4. The highest BCUT2D eigenvalue weighted by Crippen LogP contribution is 2.23. The summed E-state index contributed by atoms with van der Waals surface area (Å²) < 4.78 is 5.41. The third-order valence-corrected chi connectivity index (χ3v) is 9.58. The van der Waals surface area contributed by atoms with E-state index in [9.17, 15) is 29.1 Å². The highest BCUT2D eigenvalue weighted by Gasteiger charge is 2.39. The maximum absolute atomic E-state index is 14.3. The van der Waals surface area contributed by atoms with Crippen molar-refractivity contribution in [3.8, 4) is 0 Å². The summed E-state index contributed by atoms with van der Waals surface area (Å²) in [4.78, 5) is 72.6. The van der Waals surface area contributed by atoms with Gasteiger partial charge >= 0.3 is 6.03 Å². The standard InChI is InChI=1S/C37H50ClN7O7/c1-3-52-36(50)28(16-11-18-40-37(39)51)42-33(47)29(21-25-23-41-27-15-8-7-14-26(25)27)43-34(48)30-17-9-10-19-45(30)35(49)31(44(2)32(46)22-38)20-24-12-5-4-6-13-24/h4-8,12-15,23,28-31,36,41,50H,3,9-11,16-22H2,1-2H3,(H,42,47)(H,43,48)(H3,39,40,51)/t28-,29-,30-,31+,36?/m0/s1. The monoisotopic (exact) mass is 739 g/mol. The lowest BCUT2D eigenvalue weighted by molar-refractivity contribution is -0.150. The third kappa shape index (κ3) is 10.9. The molecule has 5 atom stereocenters. The number of alkyl halides is 1. The maximum Gasteiger partial charge on any atom is 0.312 e. The third-order valence-electron chi connectivity index (χ3n) is 9.35. The highest BCUT2D eigenvalue weighted by molar-refractivity contribution is 6.27. The van der Waals surface area contributed by atoms with Crippen LogP contribution < -0.4 is 21.7 Å². The van der Waals surface area contributed by atoms with E-state index in [0.717, 1.165) is 22.0 Å². The second-order valence-corrected chi connectivity index (χ2v) is 13.2. The Kier molecular flexibility index (Phi) is 15.3. The number of ether oxygens (including phenoxy) is 1. The number of piperidine rings is 1. The Bertz CT molecular complexity index is 1660. The van der Waals surface area contributed by atoms with Crippen LogP contribution >= 0.6 is 11.6 Å². The van der Waals surface area contributed by atoms with Crippen LogP contribution in [0.3, 0.4) is 0 Å². The number of aliphatic hydroxyl groups excluding tert-OH is 1. The number of carbonyl (C=O) groups excluding carboxylic acids is 5. The van der Waals surface area contributed by atoms with Gasteiger partial charge in [0.1, 0.15) is 24.0 Å². The van der Waals surface area contributed by atoms with Gasteiger partial charge in [0.05, 0.1) is 6.04 Å². The van der Waals surface area contributed by atoms with E-state index in [0.29, 0.717) is 32.2 Å². The van der Waals surface area contributed by atoms with Gasteiger partial charge in [-0.2, -0.15) is 0 Å². The fourth-order valence-corrected chi connectivity index (χ4v) is 6.73. The molecule has 1 unspecified atom stereocenters. The number of nitrogens with one attached hydrogen (secondary N) is 4. The number of fused-ring (bicyclic) bond motifs is 1. The van der Waals surface area contributed by atoms with Crippen LogP contribution in [-0.4, -0.2) is 113 Å². The first-order chi connectivity index (χ1) is 25.0. The van der Waals surface area contributed by atoms with Crippen LogP contribution in [0.4, 0.5) is 4.79 Å². The largest absolute Gasteiger partial charge is 0.366 e. The molecule has 6 amide bonds. The smallest absolute Gasteiger partial charge is 0.312 e. The summed E-state index contributed by atoms with van der Waals surface area (Å²) in [7, 11) is 1.54. The van der Waals surface area contributed by atoms with Gasteiger partial charge in [-0.05, 0) is 56.2 Å². The van der Waals surface area contributed by atoms with Crippen molar-refractivity contribution in [2.24, 2.45) is 5.73 Å². The average Bonchev–Trinajstić information content (AvgIpc) is 3.56. The summed E-state index contributed by atoms with van der Waals surface area (Å²) >= 11 is 5.90. The number of carbonyl (C=O) groups is 5. The van der Waals surface area contributed by atoms with Gasteiger partial charge < -0.3 is 46.3 Å². The first kappa shape index (κ1) is 40.1. The number of amides is 6. The molecule has 1 aliphatic rings. The molecule has 282 valence electrons. The van der Waals surface area contributed by atoms with Gasteiger partial charge in [-0.1, -0.05) is 48.5 Å². The Hall–Kier alpha value is -4.66. The van der Waals surface area contributed by atoms with Gasteiger partial charge in [-0.25, -0.2) is 4.79 Å². The molecule has 0 spiro atoms. The molecule has 7 N–H and O–H groups in total. The Morgan fingerprint density at radius 3 is 2.50 bits per heavy atom. The Morgan fingerprint density at radius 2 is 1.79 bits per heavy atom. The van der Waals surface area contributed by atoms with Gasteiger partial charge in [0.2, 0.25) is 23.6 Å².